The van der Waals surface area contributed by atoms with Crippen molar-refractivity contribution in [3.05, 3.63) is 22.7 Å². The lowest BCUT2D eigenvalue weighted by Crippen LogP contribution is -2.25. The molecule has 1 saturated heterocycles. The summed E-state index contributed by atoms with van der Waals surface area (Å²) in [7, 11) is 1.59. The number of nitrogen functional groups attached to an aromatic ring is 1. The second kappa shape index (κ2) is 5.07. The van der Waals surface area contributed by atoms with Crippen molar-refractivity contribution in [3.63, 3.8) is 0 Å². The van der Waals surface area contributed by atoms with Crippen molar-refractivity contribution >= 4 is 17.6 Å². The van der Waals surface area contributed by atoms with Crippen LogP contribution in [-0.4, -0.2) is 39.7 Å². The number of aliphatic hydroxyl groups is 1. The lowest BCUT2D eigenvalue weighted by Gasteiger charge is -2.13. The first-order valence-corrected chi connectivity index (χ1v) is 6.23. The first-order chi connectivity index (χ1) is 8.11. The van der Waals surface area contributed by atoms with E-state index in [4.69, 9.17) is 10.5 Å². The summed E-state index contributed by atoms with van der Waals surface area (Å²) in [6.07, 6.45) is 1.67. The number of hydrogen-bond donors (Lipinski definition) is 2. The van der Waals surface area contributed by atoms with Crippen molar-refractivity contribution in [1.29, 1.82) is 0 Å². The van der Waals surface area contributed by atoms with Gasteiger partial charge in [-0.2, -0.15) is 4.98 Å². The average Bonchev–Trinajstić information content (AvgIpc) is 2.60. The summed E-state index contributed by atoms with van der Waals surface area (Å²) >= 11 is 1.52. The number of methoxy groups -OCH3 is 1. The number of rotatable bonds is 3. The highest BCUT2D eigenvalue weighted by Crippen LogP contribution is 2.40. The molecule has 1 unspecified atom stereocenters. The molecule has 3 atom stereocenters. The largest absolute Gasteiger partial charge is 0.392 e. The van der Waals surface area contributed by atoms with Gasteiger partial charge in [-0.05, 0) is 6.07 Å². The number of ether oxygens (including phenoxy) is 1. The molecule has 6 nitrogen and oxygen atoms in total. The van der Waals surface area contributed by atoms with Crippen LogP contribution in [0.3, 0.4) is 0 Å². The Morgan fingerprint density at radius 1 is 1.76 bits per heavy atom. The van der Waals surface area contributed by atoms with Gasteiger partial charge >= 0.3 is 5.69 Å². The van der Waals surface area contributed by atoms with Crippen molar-refractivity contribution in [2.24, 2.45) is 0 Å². The van der Waals surface area contributed by atoms with Crippen LogP contribution in [0.1, 0.15) is 11.8 Å². The van der Waals surface area contributed by atoms with Crippen molar-refractivity contribution in [1.82, 2.24) is 9.55 Å². The molecule has 1 aromatic rings. The van der Waals surface area contributed by atoms with Crippen LogP contribution >= 0.6 is 11.8 Å². The first kappa shape index (κ1) is 12.4. The van der Waals surface area contributed by atoms with Gasteiger partial charge in [-0.25, -0.2) is 4.79 Å². The Kier molecular flexibility index (Phi) is 3.70. The minimum atomic E-state index is -0.464. The fourth-order valence-corrected chi connectivity index (χ4v) is 3.36. The monoisotopic (exact) mass is 257 g/mol. The quantitative estimate of drug-likeness (QED) is 0.781. The van der Waals surface area contributed by atoms with Crippen molar-refractivity contribution in [2.45, 2.75) is 23.1 Å². The third kappa shape index (κ3) is 2.62. The van der Waals surface area contributed by atoms with E-state index in [0.29, 0.717) is 13.0 Å². The van der Waals surface area contributed by atoms with E-state index in [0.717, 1.165) is 0 Å². The van der Waals surface area contributed by atoms with Crippen molar-refractivity contribution in [3.8, 4) is 0 Å². The summed E-state index contributed by atoms with van der Waals surface area (Å²) in [5.41, 5.74) is 5.05. The summed E-state index contributed by atoms with van der Waals surface area (Å²) in [5.74, 6) is 0.211. The molecule has 17 heavy (non-hydrogen) atoms. The SMILES string of the molecule is COC[C@H]1S[C@@H](n2ccc(N)nc2=O)CC1O. The van der Waals surface area contributed by atoms with Gasteiger partial charge in [0.15, 0.2) is 0 Å². The maximum absolute atomic E-state index is 11.6. The highest BCUT2D eigenvalue weighted by Gasteiger charge is 2.35. The van der Waals surface area contributed by atoms with Crippen LogP contribution in [0.5, 0.6) is 0 Å². The Labute approximate surface area is 103 Å². The van der Waals surface area contributed by atoms with E-state index in [1.54, 1.807) is 19.4 Å². The molecule has 0 amide bonds. The Bertz CT molecular complexity index is 451. The highest BCUT2D eigenvalue weighted by atomic mass is 32.2. The molecule has 0 bridgehead atoms. The molecule has 1 aliphatic heterocycles. The molecule has 1 fully saturated rings. The Balaban J connectivity index is 2.17. The second-order valence-electron chi connectivity index (χ2n) is 3.93. The normalized spacial score (nSPS) is 28.5. The number of nitrogens with zero attached hydrogens (tertiary/aromatic N) is 2. The van der Waals surface area contributed by atoms with Crippen LogP contribution in [0.4, 0.5) is 5.82 Å². The van der Waals surface area contributed by atoms with Gasteiger partial charge in [0, 0.05) is 19.7 Å². The molecule has 3 N–H and O–H groups in total. The Morgan fingerprint density at radius 3 is 3.18 bits per heavy atom. The summed E-state index contributed by atoms with van der Waals surface area (Å²) in [6, 6.07) is 1.58. The zero-order valence-corrected chi connectivity index (χ0v) is 10.3. The third-order valence-electron chi connectivity index (χ3n) is 2.70. The highest BCUT2D eigenvalue weighted by molar-refractivity contribution is 8.00. The summed E-state index contributed by atoms with van der Waals surface area (Å²) in [5, 5.41) is 9.73. The van der Waals surface area contributed by atoms with Crippen LogP contribution in [0, 0.1) is 0 Å². The predicted octanol–water partition coefficient (Wildman–Crippen LogP) is -0.163. The molecule has 0 aromatic carbocycles. The van der Waals surface area contributed by atoms with Gasteiger partial charge in [-0.1, -0.05) is 0 Å². The smallest absolute Gasteiger partial charge is 0.350 e. The van der Waals surface area contributed by atoms with Crippen LogP contribution in [0.25, 0.3) is 0 Å². The number of anilines is 1. The molecule has 94 valence electrons. The number of hydrogen-bond acceptors (Lipinski definition) is 6. The number of aromatic nitrogens is 2. The van der Waals surface area contributed by atoms with Crippen LogP contribution in [-0.2, 0) is 4.74 Å². The van der Waals surface area contributed by atoms with Crippen LogP contribution in [0.15, 0.2) is 17.1 Å². The molecule has 2 rings (SSSR count). The Hall–Kier alpha value is -1.05. The summed E-state index contributed by atoms with van der Waals surface area (Å²) in [6.45, 7) is 0.472. The number of aliphatic hydroxyl groups excluding tert-OH is 1. The molecule has 1 aliphatic rings. The molecule has 0 aliphatic carbocycles. The van der Waals surface area contributed by atoms with E-state index < -0.39 is 6.10 Å². The van der Waals surface area contributed by atoms with Crippen LogP contribution in [0.2, 0.25) is 0 Å². The molecule has 0 spiro atoms. The van der Waals surface area contributed by atoms with E-state index in [1.165, 1.54) is 16.3 Å². The molecule has 0 saturated carbocycles. The topological polar surface area (TPSA) is 90.4 Å². The molecule has 7 heteroatoms. The zero-order chi connectivity index (χ0) is 12.4. The summed E-state index contributed by atoms with van der Waals surface area (Å²) in [4.78, 5) is 15.3. The van der Waals surface area contributed by atoms with Crippen molar-refractivity contribution < 1.29 is 9.84 Å². The minimum Gasteiger partial charge on any atom is -0.392 e. The van der Waals surface area contributed by atoms with E-state index >= 15 is 0 Å². The maximum Gasteiger partial charge on any atom is 0.350 e. The molecular weight excluding hydrogens is 242 g/mol. The van der Waals surface area contributed by atoms with Gasteiger partial charge in [0.05, 0.1) is 23.3 Å². The fourth-order valence-electron chi connectivity index (χ4n) is 1.85. The number of nitrogens with two attached hydrogens (primary N) is 1. The van der Waals surface area contributed by atoms with Gasteiger partial charge in [0.1, 0.15) is 5.82 Å². The van der Waals surface area contributed by atoms with Gasteiger partial charge in [-0.3, -0.25) is 4.57 Å². The maximum atomic E-state index is 11.6. The van der Waals surface area contributed by atoms with E-state index in [2.05, 4.69) is 4.98 Å². The van der Waals surface area contributed by atoms with Gasteiger partial charge in [0.25, 0.3) is 0 Å². The van der Waals surface area contributed by atoms with Crippen LogP contribution < -0.4 is 11.4 Å². The lowest BCUT2D eigenvalue weighted by molar-refractivity contribution is 0.116. The first-order valence-electron chi connectivity index (χ1n) is 5.29. The lowest BCUT2D eigenvalue weighted by atomic mass is 10.2. The average molecular weight is 257 g/mol. The van der Waals surface area contributed by atoms with E-state index in [-0.39, 0.29) is 22.1 Å². The summed E-state index contributed by atoms with van der Waals surface area (Å²) < 4.78 is 6.53. The third-order valence-corrected chi connectivity index (χ3v) is 4.23. The standard InChI is InChI=1S/C10H15N3O3S/c1-16-5-7-6(14)4-9(17-7)13-3-2-8(11)12-10(13)15/h2-3,6-7,9,14H,4-5H2,1H3,(H2,11,12,15)/t6?,7-,9-/m1/s1. The molecule has 1 aromatic heterocycles. The van der Waals surface area contributed by atoms with Gasteiger partial charge in [0.2, 0.25) is 0 Å². The van der Waals surface area contributed by atoms with E-state index in [9.17, 15) is 9.90 Å². The minimum absolute atomic E-state index is 0.00514. The van der Waals surface area contributed by atoms with Crippen molar-refractivity contribution in [2.75, 3.05) is 19.5 Å². The van der Waals surface area contributed by atoms with E-state index in [1.807, 2.05) is 0 Å². The predicted molar refractivity (Wildman–Crippen MR) is 65.8 cm³/mol. The fraction of sp³-hybridized carbons (Fsp3) is 0.600. The zero-order valence-electron chi connectivity index (χ0n) is 9.44. The van der Waals surface area contributed by atoms with Gasteiger partial charge in [-0.15, -0.1) is 11.8 Å². The molecule has 2 heterocycles. The molecular formula is C10H15N3O3S. The van der Waals surface area contributed by atoms with Gasteiger partial charge < -0.3 is 15.6 Å². The molecule has 0 radical (unpaired) electrons. The number of thioether (sulfide) groups is 1. The second-order valence-corrected chi connectivity index (χ2v) is 5.35. The Morgan fingerprint density at radius 2 is 2.53 bits per heavy atom.